The molecule has 0 aliphatic carbocycles. The predicted molar refractivity (Wildman–Crippen MR) is 117 cm³/mol. The van der Waals surface area contributed by atoms with Crippen molar-refractivity contribution in [1.29, 1.82) is 0 Å². The van der Waals surface area contributed by atoms with Crippen LogP contribution in [0.1, 0.15) is 90.9 Å². The Kier molecular flexibility index (Phi) is 15.6. The average Bonchev–Trinajstić information content (AvgIpc) is 2.66. The molecule has 0 radical (unpaired) electrons. The van der Waals surface area contributed by atoms with Gasteiger partial charge in [-0.2, -0.15) is 0 Å². The average molecular weight is 368 g/mol. The molecule has 0 unspecified atom stereocenters. The molecule has 1 aliphatic heterocycles. The van der Waals surface area contributed by atoms with Crippen LogP contribution in [0.5, 0.6) is 0 Å². The van der Waals surface area contributed by atoms with Crippen molar-refractivity contribution >= 4 is 0 Å². The number of likely N-dealkylation sites (N-methyl/N-ethyl adjacent to an activating group) is 1. The fourth-order valence-electron chi connectivity index (χ4n) is 3.92. The van der Waals surface area contributed by atoms with Crippen molar-refractivity contribution in [3.05, 3.63) is 0 Å². The van der Waals surface area contributed by atoms with E-state index in [-0.39, 0.29) is 0 Å². The molecule has 0 aromatic carbocycles. The molecule has 26 heavy (non-hydrogen) atoms. The first-order chi connectivity index (χ1) is 12.8. The number of piperazine rings is 1. The van der Waals surface area contributed by atoms with E-state index in [9.17, 15) is 0 Å². The van der Waals surface area contributed by atoms with E-state index >= 15 is 0 Å². The Balaban J connectivity index is 2.18. The second kappa shape index (κ2) is 17.0. The van der Waals surface area contributed by atoms with Gasteiger partial charge in [0.1, 0.15) is 0 Å². The molecule has 0 aromatic rings. The van der Waals surface area contributed by atoms with E-state index in [4.69, 9.17) is 0 Å². The molecule has 1 heterocycles. The van der Waals surface area contributed by atoms with Crippen LogP contribution in [0.25, 0.3) is 0 Å². The van der Waals surface area contributed by atoms with Crippen molar-refractivity contribution in [3.63, 3.8) is 0 Å². The number of hydrogen-bond acceptors (Lipinski definition) is 3. The van der Waals surface area contributed by atoms with Crippen LogP contribution in [0.2, 0.25) is 0 Å². The summed E-state index contributed by atoms with van der Waals surface area (Å²) in [5.41, 5.74) is 0. The summed E-state index contributed by atoms with van der Waals surface area (Å²) in [7, 11) is 2.25. The van der Waals surface area contributed by atoms with Crippen molar-refractivity contribution in [3.8, 4) is 0 Å². The zero-order valence-electron chi connectivity index (χ0n) is 18.5. The predicted octanol–water partition coefficient (Wildman–Crippen LogP) is 5.26. The fourth-order valence-corrected chi connectivity index (χ4v) is 3.92. The molecule has 1 aliphatic rings. The third-order valence-electron chi connectivity index (χ3n) is 5.98. The molecule has 1 saturated heterocycles. The SMILES string of the molecule is CCCCCCCCN(CCCCCCCC)CCN1CCN(C)CC1. The standard InChI is InChI=1S/C23H49N3/c1-4-6-8-10-12-14-16-25(17-15-13-11-9-7-5-2)22-23-26-20-18-24(3)19-21-26/h4-23H2,1-3H3. The summed E-state index contributed by atoms with van der Waals surface area (Å²) in [6.07, 6.45) is 17.0. The van der Waals surface area contributed by atoms with Gasteiger partial charge >= 0.3 is 0 Å². The fraction of sp³-hybridized carbons (Fsp3) is 1.00. The smallest absolute Gasteiger partial charge is 0.0110 e. The Hall–Kier alpha value is -0.120. The highest BCUT2D eigenvalue weighted by molar-refractivity contribution is 4.71. The molecule has 1 rings (SSSR count). The minimum atomic E-state index is 1.24. The van der Waals surface area contributed by atoms with Gasteiger partial charge in [0.15, 0.2) is 0 Å². The van der Waals surface area contributed by atoms with Crippen molar-refractivity contribution < 1.29 is 0 Å². The summed E-state index contributed by atoms with van der Waals surface area (Å²) in [6.45, 7) is 14.8. The zero-order chi connectivity index (χ0) is 18.9. The molecule has 1 fully saturated rings. The lowest BCUT2D eigenvalue weighted by molar-refractivity contribution is 0.133. The first kappa shape index (κ1) is 23.9. The molecule has 0 saturated carbocycles. The van der Waals surface area contributed by atoms with Gasteiger partial charge in [-0.1, -0.05) is 78.1 Å². The van der Waals surface area contributed by atoms with Gasteiger partial charge in [0.05, 0.1) is 0 Å². The summed E-state index contributed by atoms with van der Waals surface area (Å²) in [5.74, 6) is 0. The van der Waals surface area contributed by atoms with Gasteiger partial charge in [-0.25, -0.2) is 0 Å². The topological polar surface area (TPSA) is 9.72 Å². The highest BCUT2D eigenvalue weighted by Gasteiger charge is 2.14. The number of hydrogen-bond donors (Lipinski definition) is 0. The maximum atomic E-state index is 2.78. The monoisotopic (exact) mass is 367 g/mol. The Morgan fingerprint density at radius 2 is 1.04 bits per heavy atom. The van der Waals surface area contributed by atoms with Gasteiger partial charge in [0.25, 0.3) is 0 Å². The van der Waals surface area contributed by atoms with E-state index < -0.39 is 0 Å². The summed E-state index contributed by atoms with van der Waals surface area (Å²) < 4.78 is 0. The number of nitrogens with zero attached hydrogens (tertiary/aromatic N) is 3. The van der Waals surface area contributed by atoms with Crippen LogP contribution in [0.4, 0.5) is 0 Å². The zero-order valence-corrected chi connectivity index (χ0v) is 18.5. The molecule has 3 heteroatoms. The highest BCUT2D eigenvalue weighted by atomic mass is 15.3. The molecule has 0 aromatic heterocycles. The minimum absolute atomic E-state index is 1.24. The van der Waals surface area contributed by atoms with Crippen molar-refractivity contribution in [2.24, 2.45) is 0 Å². The maximum absolute atomic E-state index is 2.78. The van der Waals surface area contributed by atoms with Crippen LogP contribution >= 0.6 is 0 Å². The molecule has 0 bridgehead atoms. The van der Waals surface area contributed by atoms with E-state index in [2.05, 4.69) is 35.6 Å². The van der Waals surface area contributed by atoms with Gasteiger partial charge in [-0.05, 0) is 33.0 Å². The molecular weight excluding hydrogens is 318 g/mol. The van der Waals surface area contributed by atoms with Gasteiger partial charge in [-0.3, -0.25) is 4.90 Å². The normalized spacial score (nSPS) is 16.6. The van der Waals surface area contributed by atoms with Gasteiger partial charge in [0, 0.05) is 39.3 Å². The van der Waals surface area contributed by atoms with Crippen LogP contribution in [-0.4, -0.2) is 74.1 Å². The second-order valence-corrected chi connectivity index (χ2v) is 8.52. The summed E-state index contributed by atoms with van der Waals surface area (Å²) in [6, 6.07) is 0. The van der Waals surface area contributed by atoms with Crippen molar-refractivity contribution in [1.82, 2.24) is 14.7 Å². The van der Waals surface area contributed by atoms with Crippen LogP contribution < -0.4 is 0 Å². The lowest BCUT2D eigenvalue weighted by Crippen LogP contribution is -2.47. The van der Waals surface area contributed by atoms with E-state index in [1.165, 1.54) is 129 Å². The van der Waals surface area contributed by atoms with E-state index in [0.29, 0.717) is 0 Å². The van der Waals surface area contributed by atoms with E-state index in [0.717, 1.165) is 0 Å². The van der Waals surface area contributed by atoms with E-state index in [1.54, 1.807) is 0 Å². The van der Waals surface area contributed by atoms with Gasteiger partial charge in [-0.15, -0.1) is 0 Å². The summed E-state index contributed by atoms with van der Waals surface area (Å²) in [5, 5.41) is 0. The molecule has 0 spiro atoms. The van der Waals surface area contributed by atoms with E-state index in [1.807, 2.05) is 0 Å². The summed E-state index contributed by atoms with van der Waals surface area (Å²) >= 11 is 0. The van der Waals surface area contributed by atoms with Crippen LogP contribution in [0, 0.1) is 0 Å². The Labute approximate surface area is 165 Å². The Bertz CT molecular complexity index is 271. The molecule has 0 N–H and O–H groups in total. The third-order valence-corrected chi connectivity index (χ3v) is 5.98. The van der Waals surface area contributed by atoms with Crippen LogP contribution in [0.15, 0.2) is 0 Å². The van der Waals surface area contributed by atoms with Crippen LogP contribution in [0.3, 0.4) is 0 Å². The molecular formula is C23H49N3. The quantitative estimate of drug-likeness (QED) is 0.325. The van der Waals surface area contributed by atoms with Gasteiger partial charge in [0.2, 0.25) is 0 Å². The van der Waals surface area contributed by atoms with Crippen molar-refractivity contribution in [2.75, 3.05) is 59.4 Å². The maximum Gasteiger partial charge on any atom is 0.0110 e. The lowest BCUT2D eigenvalue weighted by atomic mass is 10.1. The first-order valence-corrected chi connectivity index (χ1v) is 11.9. The Morgan fingerprint density at radius 1 is 0.577 bits per heavy atom. The minimum Gasteiger partial charge on any atom is -0.304 e. The summed E-state index contributed by atoms with van der Waals surface area (Å²) in [4.78, 5) is 7.91. The number of rotatable bonds is 17. The molecule has 0 atom stereocenters. The van der Waals surface area contributed by atoms with Gasteiger partial charge < -0.3 is 9.80 Å². The lowest BCUT2D eigenvalue weighted by Gasteiger charge is -2.34. The van der Waals surface area contributed by atoms with Crippen molar-refractivity contribution in [2.45, 2.75) is 90.9 Å². The molecule has 156 valence electrons. The molecule has 0 amide bonds. The van der Waals surface area contributed by atoms with Crippen LogP contribution in [-0.2, 0) is 0 Å². The third kappa shape index (κ3) is 13.1. The number of unbranched alkanes of at least 4 members (excludes halogenated alkanes) is 10. The second-order valence-electron chi connectivity index (χ2n) is 8.52. The first-order valence-electron chi connectivity index (χ1n) is 11.9. The Morgan fingerprint density at radius 3 is 1.54 bits per heavy atom. The highest BCUT2D eigenvalue weighted by Crippen LogP contribution is 2.09. The largest absolute Gasteiger partial charge is 0.304 e. The molecule has 3 nitrogen and oxygen atoms in total.